The Bertz CT molecular complexity index is 1390. The fourth-order valence-corrected chi connectivity index (χ4v) is 6.89. The quantitative estimate of drug-likeness (QED) is 0.504. The van der Waals surface area contributed by atoms with Crippen molar-refractivity contribution >= 4 is 20.9 Å². The molecule has 0 aliphatic carbocycles. The third kappa shape index (κ3) is 4.82. The summed E-state index contributed by atoms with van der Waals surface area (Å²) in [6, 6.07) is 11.7. The van der Waals surface area contributed by atoms with E-state index in [0.29, 0.717) is 29.3 Å². The standard InChI is InChI=1S/C28H35FN4O3S/c1-31-26-16-21(15-25(29)27(26)30-28(31)20-3-5-24(6-4-20)37(2,34)35)19-7-11-32(12-8-19)22-9-13-33(14-10-22)23-17-36-18-23/h3-6,15-16,19,22-23H,7-14,17-18H2,1-2H3. The van der Waals surface area contributed by atoms with Crippen molar-refractivity contribution < 1.29 is 17.5 Å². The number of rotatable bonds is 5. The zero-order valence-corrected chi connectivity index (χ0v) is 22.4. The van der Waals surface area contributed by atoms with Crippen molar-refractivity contribution in [2.45, 2.75) is 48.6 Å². The summed E-state index contributed by atoms with van der Waals surface area (Å²) < 4.78 is 46.1. The summed E-state index contributed by atoms with van der Waals surface area (Å²) in [4.78, 5) is 10.1. The van der Waals surface area contributed by atoms with Crippen molar-refractivity contribution in [2.24, 2.45) is 7.05 Å². The minimum atomic E-state index is -3.27. The van der Waals surface area contributed by atoms with E-state index in [1.165, 1.54) is 32.2 Å². The fourth-order valence-electron chi connectivity index (χ4n) is 6.26. The first-order valence-corrected chi connectivity index (χ1v) is 15.2. The van der Waals surface area contributed by atoms with Crippen LogP contribution in [-0.2, 0) is 21.6 Å². The second kappa shape index (κ2) is 9.76. The number of aromatic nitrogens is 2. The smallest absolute Gasteiger partial charge is 0.175 e. The van der Waals surface area contributed by atoms with Gasteiger partial charge in [0.25, 0.3) is 0 Å². The van der Waals surface area contributed by atoms with E-state index in [1.54, 1.807) is 30.3 Å². The number of sulfone groups is 1. The van der Waals surface area contributed by atoms with E-state index in [4.69, 9.17) is 4.74 Å². The minimum Gasteiger partial charge on any atom is -0.378 e. The highest BCUT2D eigenvalue weighted by Crippen LogP contribution is 2.35. The molecule has 37 heavy (non-hydrogen) atoms. The van der Waals surface area contributed by atoms with E-state index in [-0.39, 0.29) is 10.7 Å². The molecule has 0 atom stereocenters. The van der Waals surface area contributed by atoms with Gasteiger partial charge in [-0.3, -0.25) is 4.90 Å². The third-order valence-electron chi connectivity index (χ3n) is 8.66. The molecule has 0 unspecified atom stereocenters. The number of fused-ring (bicyclic) bond motifs is 1. The molecule has 3 aliphatic heterocycles. The number of hydrogen-bond acceptors (Lipinski definition) is 6. The van der Waals surface area contributed by atoms with Crippen LogP contribution in [0.25, 0.3) is 22.4 Å². The molecule has 7 nitrogen and oxygen atoms in total. The topological polar surface area (TPSA) is 67.7 Å². The highest BCUT2D eigenvalue weighted by atomic mass is 32.2. The number of halogens is 1. The molecule has 198 valence electrons. The average molecular weight is 527 g/mol. The van der Waals surface area contributed by atoms with Gasteiger partial charge in [-0.25, -0.2) is 17.8 Å². The summed E-state index contributed by atoms with van der Waals surface area (Å²) in [5.74, 6) is 0.673. The maximum atomic E-state index is 15.3. The van der Waals surface area contributed by atoms with Crippen LogP contribution in [0.15, 0.2) is 41.3 Å². The summed E-state index contributed by atoms with van der Waals surface area (Å²) in [6.45, 7) is 6.24. The van der Waals surface area contributed by atoms with Crippen molar-refractivity contribution in [2.75, 3.05) is 45.6 Å². The third-order valence-corrected chi connectivity index (χ3v) is 9.78. The van der Waals surface area contributed by atoms with Crippen molar-refractivity contribution in [1.82, 2.24) is 19.4 Å². The van der Waals surface area contributed by atoms with Gasteiger partial charge in [0.1, 0.15) is 11.3 Å². The molecule has 3 aromatic rings. The molecule has 0 spiro atoms. The fraction of sp³-hybridized carbons (Fsp3) is 0.536. The Hall–Kier alpha value is -2.33. The Morgan fingerprint density at radius 1 is 0.919 bits per heavy atom. The number of aryl methyl sites for hydroxylation is 1. The normalized spacial score (nSPS) is 21.5. The number of hydrogen-bond donors (Lipinski definition) is 0. The average Bonchev–Trinajstić information content (AvgIpc) is 3.20. The minimum absolute atomic E-state index is 0.258. The van der Waals surface area contributed by atoms with Crippen molar-refractivity contribution in [3.63, 3.8) is 0 Å². The highest BCUT2D eigenvalue weighted by molar-refractivity contribution is 7.90. The molecule has 0 radical (unpaired) electrons. The van der Waals surface area contributed by atoms with Gasteiger partial charge in [0.05, 0.1) is 29.7 Å². The van der Waals surface area contributed by atoms with Crippen LogP contribution >= 0.6 is 0 Å². The first-order valence-electron chi connectivity index (χ1n) is 13.3. The summed E-state index contributed by atoms with van der Waals surface area (Å²) in [7, 11) is -1.38. The van der Waals surface area contributed by atoms with E-state index in [0.717, 1.165) is 55.8 Å². The van der Waals surface area contributed by atoms with Crippen LogP contribution in [0.5, 0.6) is 0 Å². The van der Waals surface area contributed by atoms with Gasteiger partial charge < -0.3 is 14.2 Å². The molecule has 3 fully saturated rings. The predicted octanol–water partition coefficient (Wildman–Crippen LogP) is 3.83. The van der Waals surface area contributed by atoms with Gasteiger partial charge in [-0.05, 0) is 86.7 Å². The lowest BCUT2D eigenvalue weighted by Gasteiger charge is -2.45. The summed E-state index contributed by atoms with van der Waals surface area (Å²) in [5, 5.41) is 0. The lowest BCUT2D eigenvalue weighted by molar-refractivity contribution is -0.0768. The molecule has 3 saturated heterocycles. The summed E-state index contributed by atoms with van der Waals surface area (Å²) in [6.07, 6.45) is 5.72. The Balaban J connectivity index is 1.15. The van der Waals surface area contributed by atoms with Crippen LogP contribution in [0.2, 0.25) is 0 Å². The molecular formula is C28H35FN4O3S. The van der Waals surface area contributed by atoms with Crippen LogP contribution < -0.4 is 0 Å². The molecule has 0 amide bonds. The van der Waals surface area contributed by atoms with Gasteiger partial charge >= 0.3 is 0 Å². The summed E-state index contributed by atoms with van der Waals surface area (Å²) >= 11 is 0. The van der Waals surface area contributed by atoms with Crippen molar-refractivity contribution in [1.29, 1.82) is 0 Å². The molecule has 4 heterocycles. The maximum Gasteiger partial charge on any atom is 0.175 e. The lowest BCUT2D eigenvalue weighted by atomic mass is 9.87. The number of likely N-dealkylation sites (tertiary alicyclic amines) is 2. The van der Waals surface area contributed by atoms with Gasteiger partial charge in [-0.2, -0.15) is 0 Å². The van der Waals surface area contributed by atoms with Gasteiger partial charge in [-0.15, -0.1) is 0 Å². The molecule has 2 aromatic carbocycles. The molecule has 1 aromatic heterocycles. The zero-order valence-electron chi connectivity index (χ0n) is 21.6. The van der Waals surface area contributed by atoms with Gasteiger partial charge in [0.15, 0.2) is 15.7 Å². The SMILES string of the molecule is Cn1c(-c2ccc(S(C)(=O)=O)cc2)nc2c(F)cc(C3CCN(C4CCN(C5COC5)CC4)CC3)cc21. The molecule has 0 bridgehead atoms. The Morgan fingerprint density at radius 3 is 2.14 bits per heavy atom. The number of piperidine rings is 2. The molecule has 0 N–H and O–H groups in total. The maximum absolute atomic E-state index is 15.3. The lowest BCUT2D eigenvalue weighted by Crippen LogP contribution is -2.55. The van der Waals surface area contributed by atoms with E-state index in [9.17, 15) is 8.42 Å². The molecule has 0 saturated carbocycles. The molecule has 3 aliphatic rings. The molecular weight excluding hydrogens is 491 g/mol. The molecule has 9 heteroatoms. The van der Waals surface area contributed by atoms with Crippen molar-refractivity contribution in [3.8, 4) is 11.4 Å². The largest absolute Gasteiger partial charge is 0.378 e. The first-order chi connectivity index (χ1) is 17.8. The van der Waals surface area contributed by atoms with Crippen molar-refractivity contribution in [3.05, 3.63) is 47.8 Å². The van der Waals surface area contributed by atoms with Crippen LogP contribution in [-0.4, -0.2) is 85.5 Å². The number of nitrogens with zero attached hydrogens (tertiary/aromatic N) is 4. The Labute approximate surface area is 218 Å². The number of benzene rings is 2. The van der Waals surface area contributed by atoms with Crippen LogP contribution in [0, 0.1) is 5.82 Å². The van der Waals surface area contributed by atoms with E-state index >= 15 is 4.39 Å². The second-order valence-electron chi connectivity index (χ2n) is 10.9. The first kappa shape index (κ1) is 25.0. The van der Waals surface area contributed by atoms with Gasteiger partial charge in [-0.1, -0.05) is 0 Å². The van der Waals surface area contributed by atoms with Crippen LogP contribution in [0.1, 0.15) is 37.2 Å². The van der Waals surface area contributed by atoms with E-state index in [1.807, 2.05) is 11.6 Å². The molecule has 6 rings (SSSR count). The van der Waals surface area contributed by atoms with E-state index < -0.39 is 9.84 Å². The summed E-state index contributed by atoms with van der Waals surface area (Å²) in [5.41, 5.74) is 2.93. The number of ether oxygens (including phenoxy) is 1. The Morgan fingerprint density at radius 2 is 1.54 bits per heavy atom. The predicted molar refractivity (Wildman–Crippen MR) is 142 cm³/mol. The van der Waals surface area contributed by atoms with Gasteiger partial charge in [0, 0.05) is 38.0 Å². The Kier molecular flexibility index (Phi) is 6.59. The van der Waals surface area contributed by atoms with Crippen LogP contribution in [0.3, 0.4) is 0 Å². The zero-order chi connectivity index (χ0) is 25.7. The monoisotopic (exact) mass is 526 g/mol. The highest BCUT2D eigenvalue weighted by Gasteiger charge is 2.33. The van der Waals surface area contributed by atoms with Crippen LogP contribution in [0.4, 0.5) is 4.39 Å². The van der Waals surface area contributed by atoms with Gasteiger partial charge in [0.2, 0.25) is 0 Å². The number of imidazole rings is 1. The second-order valence-corrected chi connectivity index (χ2v) is 12.9. The van der Waals surface area contributed by atoms with E-state index in [2.05, 4.69) is 20.9 Å².